The van der Waals surface area contributed by atoms with E-state index in [4.69, 9.17) is 5.11 Å². The van der Waals surface area contributed by atoms with E-state index in [1.807, 2.05) is 30.0 Å². The van der Waals surface area contributed by atoms with E-state index in [1.165, 1.54) is 11.8 Å². The van der Waals surface area contributed by atoms with Crippen molar-refractivity contribution in [1.29, 1.82) is 0 Å². The zero-order valence-corrected chi connectivity index (χ0v) is 11.7. The van der Waals surface area contributed by atoms with Crippen LogP contribution in [-0.4, -0.2) is 31.4 Å². The maximum absolute atomic E-state index is 10.6. The summed E-state index contributed by atoms with van der Waals surface area (Å²) in [5.74, 6) is -0.826. The molecule has 0 saturated heterocycles. The van der Waals surface area contributed by atoms with Crippen LogP contribution in [0.2, 0.25) is 0 Å². The highest BCUT2D eigenvalue weighted by Crippen LogP contribution is 2.26. The highest BCUT2D eigenvalue weighted by Gasteiger charge is 2.15. The number of hydrogen-bond acceptors (Lipinski definition) is 5. The molecule has 7 heteroatoms. The van der Waals surface area contributed by atoms with E-state index >= 15 is 0 Å². The Morgan fingerprint density at radius 2 is 2.44 bits per heavy atom. The number of carboxylic acids is 1. The van der Waals surface area contributed by atoms with Crippen LogP contribution >= 0.6 is 23.1 Å². The van der Waals surface area contributed by atoms with Gasteiger partial charge in [-0.2, -0.15) is 0 Å². The van der Waals surface area contributed by atoms with Crippen molar-refractivity contribution in [2.24, 2.45) is 0 Å². The van der Waals surface area contributed by atoms with Gasteiger partial charge >= 0.3 is 5.97 Å². The van der Waals surface area contributed by atoms with Gasteiger partial charge in [-0.3, -0.25) is 4.79 Å². The molecule has 0 aromatic carbocycles. The van der Waals surface area contributed by atoms with Crippen molar-refractivity contribution >= 4 is 29.1 Å². The average Bonchev–Trinajstić information content (AvgIpc) is 2.93. The van der Waals surface area contributed by atoms with Crippen molar-refractivity contribution in [2.45, 2.75) is 25.0 Å². The first-order valence-electron chi connectivity index (χ1n) is 5.37. The number of aromatic nitrogens is 3. The van der Waals surface area contributed by atoms with Gasteiger partial charge in [-0.25, -0.2) is 9.97 Å². The summed E-state index contributed by atoms with van der Waals surface area (Å²) >= 11 is 2.82. The number of thioether (sulfide) groups is 1. The molecular formula is C11H13N3O2S2. The van der Waals surface area contributed by atoms with Gasteiger partial charge in [-0.05, 0) is 13.8 Å². The molecule has 2 heterocycles. The third-order valence-corrected chi connectivity index (χ3v) is 4.47. The summed E-state index contributed by atoms with van der Waals surface area (Å²) in [4.78, 5) is 19.2. The van der Waals surface area contributed by atoms with E-state index in [0.717, 1.165) is 10.7 Å². The second kappa shape index (κ2) is 5.53. The van der Waals surface area contributed by atoms with E-state index in [0.29, 0.717) is 5.16 Å². The van der Waals surface area contributed by atoms with Crippen LogP contribution in [0, 0.1) is 6.92 Å². The van der Waals surface area contributed by atoms with Crippen molar-refractivity contribution in [3.8, 4) is 0 Å². The van der Waals surface area contributed by atoms with Gasteiger partial charge in [0.25, 0.3) is 0 Å². The predicted molar refractivity (Wildman–Crippen MR) is 71.3 cm³/mol. The SMILES string of the molecule is Cc1csc(C(C)n2ccnc2SCC(=O)O)n1. The molecule has 1 atom stereocenters. The molecular weight excluding hydrogens is 270 g/mol. The minimum Gasteiger partial charge on any atom is -0.481 e. The van der Waals surface area contributed by atoms with E-state index in [1.54, 1.807) is 17.5 Å². The van der Waals surface area contributed by atoms with Crippen LogP contribution in [0.5, 0.6) is 0 Å². The number of aliphatic carboxylic acids is 1. The number of nitrogens with zero attached hydrogens (tertiary/aromatic N) is 3. The fraction of sp³-hybridized carbons (Fsp3) is 0.364. The molecule has 0 aliphatic rings. The Morgan fingerprint density at radius 3 is 3.06 bits per heavy atom. The van der Waals surface area contributed by atoms with Crippen LogP contribution in [0.4, 0.5) is 0 Å². The largest absolute Gasteiger partial charge is 0.481 e. The Hall–Kier alpha value is -1.34. The van der Waals surface area contributed by atoms with Crippen LogP contribution in [0.25, 0.3) is 0 Å². The third kappa shape index (κ3) is 2.91. The quantitative estimate of drug-likeness (QED) is 0.854. The van der Waals surface area contributed by atoms with Crippen LogP contribution in [-0.2, 0) is 4.79 Å². The lowest BCUT2D eigenvalue weighted by atomic mass is 10.3. The molecule has 0 bridgehead atoms. The zero-order chi connectivity index (χ0) is 13.1. The van der Waals surface area contributed by atoms with E-state index in [9.17, 15) is 4.79 Å². The monoisotopic (exact) mass is 283 g/mol. The number of carboxylic acid groups (broad SMARTS) is 1. The Labute approximate surface area is 113 Å². The lowest BCUT2D eigenvalue weighted by molar-refractivity contribution is -0.133. The van der Waals surface area contributed by atoms with Crippen LogP contribution < -0.4 is 0 Å². The Kier molecular flexibility index (Phi) is 4.03. The Balaban J connectivity index is 2.17. The summed E-state index contributed by atoms with van der Waals surface area (Å²) in [5, 5.41) is 12.4. The zero-order valence-electron chi connectivity index (χ0n) is 10.0. The topological polar surface area (TPSA) is 68.0 Å². The van der Waals surface area contributed by atoms with Crippen molar-refractivity contribution < 1.29 is 9.90 Å². The van der Waals surface area contributed by atoms with Gasteiger partial charge in [-0.15, -0.1) is 11.3 Å². The molecule has 1 N–H and O–H groups in total. The first-order chi connectivity index (χ1) is 8.58. The molecule has 0 radical (unpaired) electrons. The third-order valence-electron chi connectivity index (χ3n) is 2.37. The highest BCUT2D eigenvalue weighted by atomic mass is 32.2. The number of imidazole rings is 1. The molecule has 18 heavy (non-hydrogen) atoms. The molecule has 0 amide bonds. The van der Waals surface area contributed by atoms with Crippen molar-refractivity contribution in [2.75, 3.05) is 5.75 Å². The molecule has 0 fully saturated rings. The van der Waals surface area contributed by atoms with Crippen LogP contribution in [0.1, 0.15) is 23.7 Å². The first kappa shape index (κ1) is 13.1. The minimum atomic E-state index is -0.840. The van der Waals surface area contributed by atoms with E-state index < -0.39 is 5.97 Å². The van der Waals surface area contributed by atoms with Gasteiger partial charge in [0.15, 0.2) is 5.16 Å². The Bertz CT molecular complexity index is 550. The molecule has 96 valence electrons. The standard InChI is InChI=1S/C11H13N3O2S2/c1-7-5-17-10(13-7)8(2)14-4-3-12-11(14)18-6-9(15)16/h3-5,8H,6H2,1-2H3,(H,15,16). The predicted octanol–water partition coefficient (Wildman–Crippen LogP) is 2.43. The van der Waals surface area contributed by atoms with Crippen molar-refractivity contribution in [3.63, 3.8) is 0 Å². The molecule has 0 aliphatic heterocycles. The van der Waals surface area contributed by atoms with E-state index in [-0.39, 0.29) is 11.8 Å². The average molecular weight is 283 g/mol. The summed E-state index contributed by atoms with van der Waals surface area (Å²) < 4.78 is 1.95. The summed E-state index contributed by atoms with van der Waals surface area (Å²) in [5.41, 5.74) is 1.00. The van der Waals surface area contributed by atoms with Crippen LogP contribution in [0.15, 0.2) is 22.9 Å². The molecule has 5 nitrogen and oxygen atoms in total. The lowest BCUT2D eigenvalue weighted by Crippen LogP contribution is -2.08. The maximum Gasteiger partial charge on any atom is 0.313 e. The first-order valence-corrected chi connectivity index (χ1v) is 7.24. The molecule has 0 saturated carbocycles. The Morgan fingerprint density at radius 1 is 1.67 bits per heavy atom. The number of aryl methyl sites for hydroxylation is 1. The van der Waals surface area contributed by atoms with Crippen molar-refractivity contribution in [3.05, 3.63) is 28.5 Å². The fourth-order valence-electron chi connectivity index (χ4n) is 1.52. The molecule has 0 spiro atoms. The molecule has 2 aromatic heterocycles. The van der Waals surface area contributed by atoms with E-state index in [2.05, 4.69) is 9.97 Å². The van der Waals surface area contributed by atoms with Gasteiger partial charge in [0, 0.05) is 23.5 Å². The highest BCUT2D eigenvalue weighted by molar-refractivity contribution is 7.99. The molecule has 2 aromatic rings. The number of carbonyl (C=O) groups is 1. The summed E-state index contributed by atoms with van der Waals surface area (Å²) in [6, 6.07) is 0.0718. The van der Waals surface area contributed by atoms with Crippen molar-refractivity contribution in [1.82, 2.24) is 14.5 Å². The van der Waals surface area contributed by atoms with Gasteiger partial charge in [0.1, 0.15) is 5.01 Å². The number of thiazole rings is 1. The summed E-state index contributed by atoms with van der Waals surface area (Å²) in [6.45, 7) is 3.99. The van der Waals surface area contributed by atoms with Gasteiger partial charge in [-0.1, -0.05) is 11.8 Å². The maximum atomic E-state index is 10.6. The molecule has 2 rings (SSSR count). The lowest BCUT2D eigenvalue weighted by Gasteiger charge is -2.13. The number of hydrogen-bond donors (Lipinski definition) is 1. The smallest absolute Gasteiger partial charge is 0.313 e. The summed E-state index contributed by atoms with van der Waals surface area (Å²) in [6.07, 6.45) is 3.53. The second-order valence-corrected chi connectivity index (χ2v) is 5.63. The van der Waals surface area contributed by atoms with Crippen LogP contribution in [0.3, 0.4) is 0 Å². The summed E-state index contributed by atoms with van der Waals surface area (Å²) in [7, 11) is 0. The normalized spacial score (nSPS) is 12.6. The molecule has 1 unspecified atom stereocenters. The van der Waals surface area contributed by atoms with Gasteiger partial charge < -0.3 is 9.67 Å². The second-order valence-electron chi connectivity index (χ2n) is 3.80. The van der Waals surface area contributed by atoms with Gasteiger partial charge in [0.2, 0.25) is 0 Å². The number of rotatable bonds is 5. The minimum absolute atomic E-state index is 0.0145. The molecule has 0 aliphatic carbocycles. The van der Waals surface area contributed by atoms with Gasteiger partial charge in [0.05, 0.1) is 11.8 Å². The fourth-order valence-corrected chi connectivity index (χ4v) is 3.12.